The predicted molar refractivity (Wildman–Crippen MR) is 86.9 cm³/mol. The maximum atomic E-state index is 5.39. The lowest BCUT2D eigenvalue weighted by Gasteiger charge is -2.15. The summed E-state index contributed by atoms with van der Waals surface area (Å²) in [5, 5.41) is 4.83. The molecule has 3 heteroatoms. The first kappa shape index (κ1) is 14.3. The third-order valence-electron chi connectivity index (χ3n) is 4.19. The average molecular weight is 284 g/mol. The topological polar surface area (TPSA) is 34.1 Å². The molecule has 0 saturated carbocycles. The van der Waals surface area contributed by atoms with Gasteiger partial charge in [-0.1, -0.05) is 13.8 Å². The van der Waals surface area contributed by atoms with E-state index in [4.69, 9.17) is 9.72 Å². The zero-order valence-corrected chi connectivity index (χ0v) is 13.2. The second kappa shape index (κ2) is 6.02. The van der Waals surface area contributed by atoms with Crippen LogP contribution in [0, 0.1) is 5.92 Å². The Morgan fingerprint density at radius 2 is 2.14 bits per heavy atom. The fourth-order valence-electron chi connectivity index (χ4n) is 3.15. The fourth-order valence-corrected chi connectivity index (χ4v) is 3.15. The molecule has 0 amide bonds. The van der Waals surface area contributed by atoms with E-state index in [0.717, 1.165) is 37.2 Å². The fraction of sp³-hybridized carbons (Fsp3) is 0.500. The van der Waals surface area contributed by atoms with E-state index in [9.17, 15) is 0 Å². The Kier molecular flexibility index (Phi) is 4.11. The van der Waals surface area contributed by atoms with Crippen molar-refractivity contribution in [1.29, 1.82) is 0 Å². The van der Waals surface area contributed by atoms with E-state index in [-0.39, 0.29) is 0 Å². The van der Waals surface area contributed by atoms with Crippen LogP contribution < -0.4 is 10.1 Å². The number of ether oxygens (including phenoxy) is 1. The lowest BCUT2D eigenvalue weighted by Crippen LogP contribution is -2.20. The van der Waals surface area contributed by atoms with Gasteiger partial charge in [-0.3, -0.25) is 4.98 Å². The number of fused-ring (bicyclic) bond motifs is 2. The Labute approximate surface area is 126 Å². The molecule has 0 unspecified atom stereocenters. The van der Waals surface area contributed by atoms with Gasteiger partial charge in [0.25, 0.3) is 0 Å². The molecule has 0 spiro atoms. The van der Waals surface area contributed by atoms with Crippen LogP contribution in [0.2, 0.25) is 0 Å². The first-order valence-electron chi connectivity index (χ1n) is 7.88. The summed E-state index contributed by atoms with van der Waals surface area (Å²) in [6.07, 6.45) is 3.51. The smallest absolute Gasteiger partial charge is 0.119 e. The molecule has 21 heavy (non-hydrogen) atoms. The second-order valence-corrected chi connectivity index (χ2v) is 6.28. The summed E-state index contributed by atoms with van der Waals surface area (Å²) < 4.78 is 5.39. The minimum Gasteiger partial charge on any atom is -0.497 e. The van der Waals surface area contributed by atoms with Gasteiger partial charge in [-0.05, 0) is 61.1 Å². The van der Waals surface area contributed by atoms with Crippen molar-refractivity contribution in [2.24, 2.45) is 5.92 Å². The molecular weight excluding hydrogens is 260 g/mol. The molecule has 1 heterocycles. The van der Waals surface area contributed by atoms with E-state index >= 15 is 0 Å². The molecule has 0 atom stereocenters. The molecule has 0 aliphatic heterocycles. The van der Waals surface area contributed by atoms with Crippen molar-refractivity contribution in [3.63, 3.8) is 0 Å². The van der Waals surface area contributed by atoms with Gasteiger partial charge >= 0.3 is 0 Å². The van der Waals surface area contributed by atoms with Gasteiger partial charge in [-0.25, -0.2) is 0 Å². The molecule has 0 bridgehead atoms. The highest BCUT2D eigenvalue weighted by Gasteiger charge is 2.19. The van der Waals surface area contributed by atoms with E-state index in [1.54, 1.807) is 7.11 Å². The van der Waals surface area contributed by atoms with Crippen molar-refractivity contribution >= 4 is 10.9 Å². The van der Waals surface area contributed by atoms with Gasteiger partial charge in [0, 0.05) is 17.6 Å². The standard InChI is InChI=1S/C18H24N2O/c1-12(2)10-19-11-16-14-5-4-6-17(14)20-18-8-7-13(21-3)9-15(16)18/h7-9,12,19H,4-6,10-11H2,1-3H3. The molecule has 1 aliphatic rings. The summed E-state index contributed by atoms with van der Waals surface area (Å²) >= 11 is 0. The number of pyridine rings is 1. The van der Waals surface area contributed by atoms with Gasteiger partial charge in [0.1, 0.15) is 5.75 Å². The molecule has 2 aromatic rings. The van der Waals surface area contributed by atoms with Crippen LogP contribution >= 0.6 is 0 Å². The third-order valence-corrected chi connectivity index (χ3v) is 4.19. The number of hydrogen-bond donors (Lipinski definition) is 1. The number of hydrogen-bond acceptors (Lipinski definition) is 3. The first-order valence-corrected chi connectivity index (χ1v) is 7.88. The van der Waals surface area contributed by atoms with Crippen molar-refractivity contribution in [3.8, 4) is 5.75 Å². The van der Waals surface area contributed by atoms with Crippen molar-refractivity contribution in [2.75, 3.05) is 13.7 Å². The lowest BCUT2D eigenvalue weighted by molar-refractivity contribution is 0.415. The molecule has 0 fully saturated rings. The average Bonchev–Trinajstić information content (AvgIpc) is 2.93. The molecule has 1 aromatic carbocycles. The zero-order valence-electron chi connectivity index (χ0n) is 13.2. The van der Waals surface area contributed by atoms with Crippen molar-refractivity contribution in [1.82, 2.24) is 10.3 Å². The molecule has 0 saturated heterocycles. The predicted octanol–water partition coefficient (Wildman–Crippen LogP) is 3.48. The molecular formula is C18H24N2O. The number of nitrogens with zero attached hydrogens (tertiary/aromatic N) is 1. The number of nitrogens with one attached hydrogen (secondary N) is 1. The molecule has 3 nitrogen and oxygen atoms in total. The largest absolute Gasteiger partial charge is 0.497 e. The Bertz CT molecular complexity index is 649. The number of rotatable bonds is 5. The molecule has 1 N–H and O–H groups in total. The molecule has 3 rings (SSSR count). The second-order valence-electron chi connectivity index (χ2n) is 6.28. The lowest BCUT2D eigenvalue weighted by atomic mass is 10.0. The van der Waals surface area contributed by atoms with Crippen LogP contribution in [0.25, 0.3) is 10.9 Å². The van der Waals surface area contributed by atoms with E-state index < -0.39 is 0 Å². The summed E-state index contributed by atoms with van der Waals surface area (Å²) in [7, 11) is 1.72. The van der Waals surface area contributed by atoms with Gasteiger partial charge in [0.2, 0.25) is 0 Å². The number of methoxy groups -OCH3 is 1. The van der Waals surface area contributed by atoms with E-state index in [1.165, 1.54) is 28.6 Å². The molecule has 1 aromatic heterocycles. The summed E-state index contributed by atoms with van der Waals surface area (Å²) in [6, 6.07) is 6.22. The van der Waals surface area contributed by atoms with E-state index in [2.05, 4.69) is 31.3 Å². The monoisotopic (exact) mass is 284 g/mol. The van der Waals surface area contributed by atoms with Gasteiger partial charge in [-0.15, -0.1) is 0 Å². The Hall–Kier alpha value is -1.61. The minimum atomic E-state index is 0.667. The van der Waals surface area contributed by atoms with Crippen LogP contribution in [0.4, 0.5) is 0 Å². The third kappa shape index (κ3) is 2.88. The van der Waals surface area contributed by atoms with Gasteiger partial charge in [0.05, 0.1) is 12.6 Å². The molecule has 0 radical (unpaired) electrons. The molecule has 1 aliphatic carbocycles. The Morgan fingerprint density at radius 1 is 1.29 bits per heavy atom. The zero-order chi connectivity index (χ0) is 14.8. The van der Waals surface area contributed by atoms with E-state index in [1.807, 2.05) is 6.07 Å². The van der Waals surface area contributed by atoms with Crippen molar-refractivity contribution < 1.29 is 4.74 Å². The normalized spacial score (nSPS) is 13.9. The minimum absolute atomic E-state index is 0.667. The maximum absolute atomic E-state index is 5.39. The highest BCUT2D eigenvalue weighted by Crippen LogP contribution is 2.31. The highest BCUT2D eigenvalue weighted by molar-refractivity contribution is 5.85. The van der Waals surface area contributed by atoms with Crippen molar-refractivity contribution in [3.05, 3.63) is 35.0 Å². The first-order chi connectivity index (χ1) is 10.2. The van der Waals surface area contributed by atoms with Crippen molar-refractivity contribution in [2.45, 2.75) is 39.7 Å². The van der Waals surface area contributed by atoms with E-state index in [0.29, 0.717) is 5.92 Å². The van der Waals surface area contributed by atoms with Gasteiger partial charge in [-0.2, -0.15) is 0 Å². The van der Waals surface area contributed by atoms with Gasteiger partial charge in [0.15, 0.2) is 0 Å². The van der Waals surface area contributed by atoms with Crippen LogP contribution in [0.15, 0.2) is 18.2 Å². The van der Waals surface area contributed by atoms with Crippen LogP contribution in [0.1, 0.15) is 37.1 Å². The number of aryl methyl sites for hydroxylation is 1. The summed E-state index contributed by atoms with van der Waals surface area (Å²) in [4.78, 5) is 4.85. The quantitative estimate of drug-likeness (QED) is 0.912. The SMILES string of the molecule is COc1ccc2nc3c(c(CNCC(C)C)c2c1)CCC3. The summed E-state index contributed by atoms with van der Waals surface area (Å²) in [6.45, 7) is 6.45. The summed E-state index contributed by atoms with van der Waals surface area (Å²) in [5.74, 6) is 1.58. The summed E-state index contributed by atoms with van der Waals surface area (Å²) in [5.41, 5.74) is 5.28. The van der Waals surface area contributed by atoms with Crippen LogP contribution in [0.5, 0.6) is 5.75 Å². The Morgan fingerprint density at radius 3 is 2.90 bits per heavy atom. The highest BCUT2D eigenvalue weighted by atomic mass is 16.5. The van der Waals surface area contributed by atoms with Gasteiger partial charge < -0.3 is 10.1 Å². The van der Waals surface area contributed by atoms with Crippen LogP contribution in [0.3, 0.4) is 0 Å². The van der Waals surface area contributed by atoms with Crippen LogP contribution in [-0.4, -0.2) is 18.6 Å². The maximum Gasteiger partial charge on any atom is 0.119 e. The number of benzene rings is 1. The Balaban J connectivity index is 2.04. The number of aromatic nitrogens is 1. The van der Waals surface area contributed by atoms with Crippen LogP contribution in [-0.2, 0) is 19.4 Å². The molecule has 112 valence electrons.